The zero-order valence-corrected chi connectivity index (χ0v) is 11.8. The van der Waals surface area contributed by atoms with Crippen molar-refractivity contribution in [3.8, 4) is 6.07 Å². The first kappa shape index (κ1) is 14.5. The molecule has 21 heavy (non-hydrogen) atoms. The summed E-state index contributed by atoms with van der Waals surface area (Å²) in [6.45, 7) is 3.76. The second-order valence-corrected chi connectivity index (χ2v) is 5.03. The minimum absolute atomic E-state index is 0.0227. The van der Waals surface area contributed by atoms with E-state index in [0.29, 0.717) is 5.69 Å². The molecule has 0 aromatic heterocycles. The Morgan fingerprint density at radius 1 is 1.14 bits per heavy atom. The lowest BCUT2D eigenvalue weighted by Crippen LogP contribution is -2.29. The number of hydrogen-bond donors (Lipinski definition) is 1. The molecule has 1 unspecified atom stereocenters. The zero-order chi connectivity index (χ0) is 15.5. The number of nitrogens with one attached hydrogen (secondary N) is 1. The summed E-state index contributed by atoms with van der Waals surface area (Å²) in [7, 11) is 0. The quantitative estimate of drug-likeness (QED) is 0.683. The number of anilines is 1. The van der Waals surface area contributed by atoms with Crippen molar-refractivity contribution in [3.05, 3.63) is 69.8 Å². The van der Waals surface area contributed by atoms with Crippen molar-refractivity contribution in [3.63, 3.8) is 0 Å². The highest BCUT2D eigenvalue weighted by molar-refractivity contribution is 5.53. The number of nitrogens with zero attached hydrogens (tertiary/aromatic N) is 2. The van der Waals surface area contributed by atoms with Crippen LogP contribution in [0.3, 0.4) is 0 Å². The second-order valence-electron chi connectivity index (χ2n) is 5.03. The van der Waals surface area contributed by atoms with Gasteiger partial charge in [0.2, 0.25) is 0 Å². The molecule has 5 nitrogen and oxygen atoms in total. The van der Waals surface area contributed by atoms with E-state index in [1.54, 1.807) is 19.1 Å². The van der Waals surface area contributed by atoms with Crippen LogP contribution in [-0.4, -0.2) is 4.92 Å². The van der Waals surface area contributed by atoms with Crippen LogP contribution in [0.15, 0.2) is 48.5 Å². The van der Waals surface area contributed by atoms with Crippen molar-refractivity contribution in [1.29, 1.82) is 5.26 Å². The summed E-state index contributed by atoms with van der Waals surface area (Å²) in [6.07, 6.45) is 0. The summed E-state index contributed by atoms with van der Waals surface area (Å²) in [5, 5.41) is 23.3. The van der Waals surface area contributed by atoms with Gasteiger partial charge in [0.15, 0.2) is 0 Å². The lowest BCUT2D eigenvalue weighted by Gasteiger charge is -2.25. The molecule has 0 aliphatic carbocycles. The van der Waals surface area contributed by atoms with Gasteiger partial charge in [0.05, 0.1) is 11.0 Å². The van der Waals surface area contributed by atoms with E-state index in [2.05, 4.69) is 11.4 Å². The van der Waals surface area contributed by atoms with Gasteiger partial charge in [-0.3, -0.25) is 10.1 Å². The molecule has 0 bridgehead atoms. The van der Waals surface area contributed by atoms with Crippen molar-refractivity contribution in [2.75, 3.05) is 5.32 Å². The van der Waals surface area contributed by atoms with E-state index in [0.717, 1.165) is 11.1 Å². The fourth-order valence-corrected chi connectivity index (χ4v) is 2.01. The highest BCUT2D eigenvalue weighted by Crippen LogP contribution is 2.27. The topological polar surface area (TPSA) is 79.0 Å². The first-order valence-corrected chi connectivity index (χ1v) is 6.46. The number of nitro benzene ring substituents is 1. The van der Waals surface area contributed by atoms with Gasteiger partial charge in [0.1, 0.15) is 5.54 Å². The molecule has 0 saturated carbocycles. The molecule has 0 spiro atoms. The number of non-ortho nitro benzene ring substituents is 1. The van der Waals surface area contributed by atoms with Crippen LogP contribution >= 0.6 is 0 Å². The van der Waals surface area contributed by atoms with Crippen LogP contribution in [0.25, 0.3) is 0 Å². The third-order valence-corrected chi connectivity index (χ3v) is 3.32. The number of rotatable bonds is 4. The van der Waals surface area contributed by atoms with Gasteiger partial charge in [0.25, 0.3) is 5.69 Å². The number of nitriles is 1. The van der Waals surface area contributed by atoms with Crippen LogP contribution in [0, 0.1) is 28.4 Å². The molecule has 0 heterocycles. The van der Waals surface area contributed by atoms with Crippen LogP contribution in [0.5, 0.6) is 0 Å². The number of aryl methyl sites for hydroxylation is 1. The molecule has 1 atom stereocenters. The monoisotopic (exact) mass is 281 g/mol. The fourth-order valence-electron chi connectivity index (χ4n) is 2.01. The van der Waals surface area contributed by atoms with Gasteiger partial charge >= 0.3 is 0 Å². The Balaban J connectivity index is 2.28. The molecule has 0 aliphatic rings. The Hall–Kier alpha value is -2.87. The molecule has 106 valence electrons. The molecule has 0 fully saturated rings. The van der Waals surface area contributed by atoms with Gasteiger partial charge in [0, 0.05) is 17.8 Å². The maximum Gasteiger partial charge on any atom is 0.269 e. The summed E-state index contributed by atoms with van der Waals surface area (Å²) in [4.78, 5) is 10.2. The average Bonchev–Trinajstić information content (AvgIpc) is 2.48. The lowest BCUT2D eigenvalue weighted by atomic mass is 9.92. The second kappa shape index (κ2) is 5.63. The van der Waals surface area contributed by atoms with Gasteiger partial charge in [-0.1, -0.05) is 29.8 Å². The summed E-state index contributed by atoms with van der Waals surface area (Å²) in [5.74, 6) is 0. The molecule has 0 amide bonds. The Morgan fingerprint density at radius 3 is 2.19 bits per heavy atom. The molecule has 2 aromatic rings. The zero-order valence-electron chi connectivity index (χ0n) is 11.8. The van der Waals surface area contributed by atoms with E-state index in [9.17, 15) is 15.4 Å². The Kier molecular flexibility index (Phi) is 3.90. The highest BCUT2D eigenvalue weighted by Gasteiger charge is 2.26. The van der Waals surface area contributed by atoms with Gasteiger partial charge in [-0.25, -0.2) is 0 Å². The number of hydrogen-bond acceptors (Lipinski definition) is 4. The SMILES string of the molecule is Cc1ccc(C(C)(C#N)Nc2ccc([N+](=O)[O-])cc2)cc1. The van der Waals surface area contributed by atoms with E-state index < -0.39 is 10.5 Å². The Morgan fingerprint density at radius 2 is 1.71 bits per heavy atom. The van der Waals surface area contributed by atoms with Gasteiger partial charge < -0.3 is 5.32 Å². The summed E-state index contributed by atoms with van der Waals surface area (Å²) in [6, 6.07) is 16.0. The van der Waals surface area contributed by atoms with Crippen LogP contribution in [-0.2, 0) is 5.54 Å². The predicted octanol–water partition coefficient (Wildman–Crippen LogP) is 3.75. The van der Waals surface area contributed by atoms with Crippen LogP contribution in [0.1, 0.15) is 18.1 Å². The van der Waals surface area contributed by atoms with Gasteiger partial charge in [-0.15, -0.1) is 0 Å². The number of benzene rings is 2. The van der Waals surface area contributed by atoms with E-state index >= 15 is 0 Å². The molecule has 0 aliphatic heterocycles. The van der Waals surface area contributed by atoms with Crippen molar-refractivity contribution < 1.29 is 4.92 Å². The summed E-state index contributed by atoms with van der Waals surface area (Å²) in [5.41, 5.74) is 1.74. The third-order valence-electron chi connectivity index (χ3n) is 3.32. The third kappa shape index (κ3) is 3.18. The minimum atomic E-state index is -0.899. The first-order valence-electron chi connectivity index (χ1n) is 6.46. The molecular weight excluding hydrogens is 266 g/mol. The molecule has 0 saturated heterocycles. The summed E-state index contributed by atoms with van der Waals surface area (Å²) < 4.78 is 0. The van der Waals surface area contributed by atoms with E-state index in [-0.39, 0.29) is 5.69 Å². The smallest absolute Gasteiger partial charge is 0.269 e. The Bertz CT molecular complexity index is 687. The standard InChI is InChI=1S/C16H15N3O2/c1-12-3-5-13(6-4-12)16(2,11-17)18-14-7-9-15(10-8-14)19(20)21/h3-10,18H,1-2H3. The van der Waals surface area contributed by atoms with Crippen LogP contribution < -0.4 is 5.32 Å². The van der Waals surface area contributed by atoms with Crippen molar-refractivity contribution >= 4 is 11.4 Å². The highest BCUT2D eigenvalue weighted by atomic mass is 16.6. The minimum Gasteiger partial charge on any atom is -0.364 e. The molecule has 2 aromatic carbocycles. The van der Waals surface area contributed by atoms with E-state index in [1.165, 1.54) is 12.1 Å². The fraction of sp³-hybridized carbons (Fsp3) is 0.188. The summed E-state index contributed by atoms with van der Waals surface area (Å²) >= 11 is 0. The molecule has 1 N–H and O–H groups in total. The maximum atomic E-state index is 10.6. The van der Waals surface area contributed by atoms with Crippen molar-refractivity contribution in [1.82, 2.24) is 0 Å². The number of nitro groups is 1. The first-order chi connectivity index (χ1) is 9.94. The molecular formula is C16H15N3O2. The van der Waals surface area contributed by atoms with Crippen LogP contribution in [0.4, 0.5) is 11.4 Å². The largest absolute Gasteiger partial charge is 0.364 e. The van der Waals surface area contributed by atoms with Crippen molar-refractivity contribution in [2.45, 2.75) is 19.4 Å². The van der Waals surface area contributed by atoms with Gasteiger partial charge in [-0.05, 0) is 31.5 Å². The average molecular weight is 281 g/mol. The normalized spacial score (nSPS) is 13.0. The molecule has 5 heteroatoms. The lowest BCUT2D eigenvalue weighted by molar-refractivity contribution is -0.384. The molecule has 2 rings (SSSR count). The molecule has 0 radical (unpaired) electrons. The maximum absolute atomic E-state index is 10.6. The Labute approximate surface area is 123 Å². The van der Waals surface area contributed by atoms with E-state index in [1.807, 2.05) is 31.2 Å². The van der Waals surface area contributed by atoms with E-state index in [4.69, 9.17) is 0 Å². The van der Waals surface area contributed by atoms with Gasteiger partial charge in [-0.2, -0.15) is 5.26 Å². The predicted molar refractivity (Wildman–Crippen MR) is 80.9 cm³/mol. The van der Waals surface area contributed by atoms with Crippen molar-refractivity contribution in [2.24, 2.45) is 0 Å². The van der Waals surface area contributed by atoms with Crippen LogP contribution in [0.2, 0.25) is 0 Å².